The number of carboxylic acid groups (broad SMARTS) is 1. The lowest BCUT2D eigenvalue weighted by Gasteiger charge is -2.29. The normalized spacial score (nSPS) is 14.4. The molecule has 0 saturated carbocycles. The van der Waals surface area contributed by atoms with Gasteiger partial charge in [-0.15, -0.1) is 11.3 Å². The van der Waals surface area contributed by atoms with Gasteiger partial charge in [0, 0.05) is 17.6 Å². The number of rotatable bonds is 7. The number of aryl methyl sites for hydroxylation is 3. The Labute approximate surface area is 205 Å². The van der Waals surface area contributed by atoms with Gasteiger partial charge in [0.25, 0.3) is 5.91 Å². The number of thiophene rings is 1. The Kier molecular flexibility index (Phi) is 6.80. The number of carbonyl (C=O) groups excluding carboxylic acids is 1. The Balaban J connectivity index is 1.45. The van der Waals surface area contributed by atoms with Crippen molar-refractivity contribution in [3.8, 4) is 0 Å². The Hall–Kier alpha value is -3.12. The van der Waals surface area contributed by atoms with E-state index in [-0.39, 0.29) is 11.3 Å². The van der Waals surface area contributed by atoms with Crippen molar-refractivity contribution < 1.29 is 14.7 Å². The fourth-order valence-corrected chi connectivity index (χ4v) is 6.12. The maximum Gasteiger partial charge on any atom is 0.335 e. The van der Waals surface area contributed by atoms with Gasteiger partial charge in [-0.25, -0.2) is 4.79 Å². The number of benzene rings is 2. The van der Waals surface area contributed by atoms with Crippen LogP contribution in [0.4, 0.5) is 10.7 Å². The molecule has 0 fully saturated rings. The maximum atomic E-state index is 13.3. The number of carbonyl (C=O) groups is 2. The van der Waals surface area contributed by atoms with Crippen molar-refractivity contribution in [1.29, 1.82) is 0 Å². The van der Waals surface area contributed by atoms with E-state index in [9.17, 15) is 9.59 Å². The molecule has 6 heteroatoms. The number of anilines is 2. The predicted octanol–water partition coefficient (Wildman–Crippen LogP) is 6.35. The summed E-state index contributed by atoms with van der Waals surface area (Å²) in [7, 11) is 1.88. The lowest BCUT2D eigenvalue weighted by atomic mass is 9.77. The zero-order valence-corrected chi connectivity index (χ0v) is 21.1. The van der Waals surface area contributed by atoms with Crippen molar-refractivity contribution in [2.24, 2.45) is 5.41 Å². The molecule has 2 aromatic carbocycles. The van der Waals surface area contributed by atoms with Crippen LogP contribution in [-0.2, 0) is 25.7 Å². The average molecular weight is 477 g/mol. The highest BCUT2D eigenvalue weighted by atomic mass is 32.1. The van der Waals surface area contributed by atoms with E-state index in [0.29, 0.717) is 5.56 Å². The van der Waals surface area contributed by atoms with Crippen molar-refractivity contribution in [2.45, 2.75) is 52.9 Å². The van der Waals surface area contributed by atoms with Gasteiger partial charge in [0.05, 0.1) is 11.1 Å². The molecule has 0 spiro atoms. The van der Waals surface area contributed by atoms with Gasteiger partial charge >= 0.3 is 5.97 Å². The van der Waals surface area contributed by atoms with Crippen molar-refractivity contribution in [2.75, 3.05) is 17.7 Å². The SMILES string of the molecule is CNc1sc2c(c1C(=O)Nc1ccc(CCc3ccc(C(=O)O)cc3)c(C)c1)CCC(C)(C)C2. The summed E-state index contributed by atoms with van der Waals surface area (Å²) in [5, 5.41) is 16.3. The van der Waals surface area contributed by atoms with Gasteiger partial charge in [-0.05, 0) is 91.0 Å². The topological polar surface area (TPSA) is 78.4 Å². The molecule has 0 aliphatic heterocycles. The van der Waals surface area contributed by atoms with E-state index < -0.39 is 5.97 Å². The van der Waals surface area contributed by atoms with Crippen molar-refractivity contribution in [3.05, 3.63) is 80.7 Å². The number of hydrogen-bond donors (Lipinski definition) is 3. The van der Waals surface area contributed by atoms with Crippen LogP contribution < -0.4 is 10.6 Å². The second-order valence-electron chi connectivity index (χ2n) is 9.90. The molecule has 3 N–H and O–H groups in total. The van der Waals surface area contributed by atoms with Crippen LogP contribution in [0.3, 0.4) is 0 Å². The number of amides is 1. The van der Waals surface area contributed by atoms with Gasteiger partial charge in [0.15, 0.2) is 0 Å². The first-order valence-corrected chi connectivity index (χ1v) is 12.5. The minimum Gasteiger partial charge on any atom is -0.478 e. The van der Waals surface area contributed by atoms with Gasteiger partial charge in [-0.1, -0.05) is 32.0 Å². The summed E-state index contributed by atoms with van der Waals surface area (Å²) in [6.07, 6.45) is 4.73. The van der Waals surface area contributed by atoms with Gasteiger partial charge in [0.2, 0.25) is 0 Å². The fraction of sp³-hybridized carbons (Fsp3) is 0.357. The smallest absolute Gasteiger partial charge is 0.335 e. The van der Waals surface area contributed by atoms with Gasteiger partial charge in [-0.3, -0.25) is 4.79 Å². The van der Waals surface area contributed by atoms with E-state index in [0.717, 1.165) is 59.5 Å². The molecular weight excluding hydrogens is 444 g/mol. The summed E-state index contributed by atoms with van der Waals surface area (Å²) in [6.45, 7) is 6.65. The highest BCUT2D eigenvalue weighted by molar-refractivity contribution is 7.16. The zero-order chi connectivity index (χ0) is 24.5. The molecule has 1 aliphatic carbocycles. The Morgan fingerprint density at radius 2 is 1.82 bits per heavy atom. The van der Waals surface area contributed by atoms with E-state index >= 15 is 0 Å². The first kappa shape index (κ1) is 24.0. The number of nitrogens with one attached hydrogen (secondary N) is 2. The van der Waals surface area contributed by atoms with E-state index in [1.807, 2.05) is 31.3 Å². The molecule has 1 amide bonds. The third-order valence-electron chi connectivity index (χ3n) is 6.72. The number of fused-ring (bicyclic) bond motifs is 1. The van der Waals surface area contributed by atoms with Crippen LogP contribution in [-0.4, -0.2) is 24.0 Å². The molecule has 0 bridgehead atoms. The minimum absolute atomic E-state index is 0.0489. The third-order valence-corrected chi connectivity index (χ3v) is 7.97. The highest BCUT2D eigenvalue weighted by Gasteiger charge is 2.32. The molecule has 1 aromatic heterocycles. The minimum atomic E-state index is -0.909. The van der Waals surface area contributed by atoms with Gasteiger partial charge < -0.3 is 15.7 Å². The van der Waals surface area contributed by atoms with Crippen LogP contribution in [0.5, 0.6) is 0 Å². The molecule has 0 atom stereocenters. The van der Waals surface area contributed by atoms with Gasteiger partial charge in [-0.2, -0.15) is 0 Å². The Morgan fingerprint density at radius 1 is 1.09 bits per heavy atom. The van der Waals surface area contributed by atoms with Crippen LogP contribution in [0.15, 0.2) is 42.5 Å². The third kappa shape index (κ3) is 5.17. The molecule has 0 unspecified atom stereocenters. The molecule has 0 radical (unpaired) electrons. The first-order valence-electron chi connectivity index (χ1n) is 11.7. The molecule has 1 heterocycles. The monoisotopic (exact) mass is 476 g/mol. The molecule has 5 nitrogen and oxygen atoms in total. The van der Waals surface area contributed by atoms with E-state index in [1.165, 1.54) is 16.0 Å². The molecule has 1 aliphatic rings. The second kappa shape index (κ2) is 9.63. The van der Waals surface area contributed by atoms with E-state index in [4.69, 9.17) is 5.11 Å². The summed E-state index contributed by atoms with van der Waals surface area (Å²) < 4.78 is 0. The van der Waals surface area contributed by atoms with Gasteiger partial charge in [0.1, 0.15) is 5.00 Å². The molecule has 34 heavy (non-hydrogen) atoms. The number of carboxylic acids is 1. The molecular formula is C28H32N2O3S. The summed E-state index contributed by atoms with van der Waals surface area (Å²) >= 11 is 1.71. The van der Waals surface area contributed by atoms with Crippen molar-refractivity contribution in [1.82, 2.24) is 0 Å². The lowest BCUT2D eigenvalue weighted by Crippen LogP contribution is -2.23. The van der Waals surface area contributed by atoms with E-state index in [1.54, 1.807) is 23.5 Å². The number of aromatic carboxylic acids is 1. The molecule has 4 rings (SSSR count). The largest absolute Gasteiger partial charge is 0.478 e. The standard InChI is InChI=1S/C28H32N2O3S/c1-17-15-21(12-11-19(17)8-5-18-6-9-20(10-7-18)27(32)33)30-25(31)24-22-13-14-28(2,3)16-23(22)34-26(24)29-4/h6-7,9-12,15,29H,5,8,13-14,16H2,1-4H3,(H,30,31)(H,32,33). The van der Waals surface area contributed by atoms with Crippen LogP contribution in [0.25, 0.3) is 0 Å². The summed E-state index contributed by atoms with van der Waals surface area (Å²) in [5.74, 6) is -0.958. The second-order valence-corrected chi connectivity index (χ2v) is 11.0. The fourth-order valence-electron chi connectivity index (χ4n) is 4.66. The molecule has 0 saturated heterocycles. The Bertz CT molecular complexity index is 1230. The van der Waals surface area contributed by atoms with Crippen LogP contribution >= 0.6 is 11.3 Å². The van der Waals surface area contributed by atoms with E-state index in [2.05, 4.69) is 37.5 Å². The van der Waals surface area contributed by atoms with Crippen LogP contribution in [0.2, 0.25) is 0 Å². The van der Waals surface area contributed by atoms with Crippen LogP contribution in [0, 0.1) is 12.3 Å². The quantitative estimate of drug-likeness (QED) is 0.371. The average Bonchev–Trinajstić information content (AvgIpc) is 3.15. The zero-order valence-electron chi connectivity index (χ0n) is 20.2. The maximum absolute atomic E-state index is 13.3. The Morgan fingerprint density at radius 3 is 2.47 bits per heavy atom. The van der Waals surface area contributed by atoms with Crippen molar-refractivity contribution >= 4 is 33.9 Å². The predicted molar refractivity (Wildman–Crippen MR) is 140 cm³/mol. The lowest BCUT2D eigenvalue weighted by molar-refractivity contribution is 0.0696. The first-order chi connectivity index (χ1) is 16.2. The van der Waals surface area contributed by atoms with Crippen molar-refractivity contribution in [3.63, 3.8) is 0 Å². The highest BCUT2D eigenvalue weighted by Crippen LogP contribution is 2.43. The number of hydrogen-bond acceptors (Lipinski definition) is 4. The molecule has 3 aromatic rings. The summed E-state index contributed by atoms with van der Waals surface area (Å²) in [5.41, 5.74) is 6.83. The van der Waals surface area contributed by atoms with Crippen LogP contribution in [0.1, 0.15) is 68.1 Å². The summed E-state index contributed by atoms with van der Waals surface area (Å²) in [4.78, 5) is 25.6. The molecule has 178 valence electrons. The summed E-state index contributed by atoms with van der Waals surface area (Å²) in [6, 6.07) is 13.1.